The number of carbonyl (C=O) groups excluding carboxylic acids is 2. The van der Waals surface area contributed by atoms with E-state index in [4.69, 9.17) is 12.2 Å². The first-order valence-corrected chi connectivity index (χ1v) is 6.58. The summed E-state index contributed by atoms with van der Waals surface area (Å²) in [5, 5.41) is 4.65. The highest BCUT2D eigenvalue weighted by atomic mass is 32.1. The monoisotopic (exact) mass is 283 g/mol. The van der Waals surface area contributed by atoms with Crippen molar-refractivity contribution in [1.82, 2.24) is 16.2 Å². The molecule has 7 heteroatoms. The van der Waals surface area contributed by atoms with Crippen molar-refractivity contribution < 1.29 is 14.9 Å². The Hall–Kier alpha value is -1.73. The van der Waals surface area contributed by atoms with E-state index in [1.807, 2.05) is 0 Å². The topological polar surface area (TPSA) is 86.8 Å². The molecule has 0 aromatic carbocycles. The molecule has 0 saturated carbocycles. The van der Waals surface area contributed by atoms with Gasteiger partial charge in [-0.3, -0.25) is 25.8 Å². The van der Waals surface area contributed by atoms with Gasteiger partial charge in [0.05, 0.1) is 5.57 Å². The van der Waals surface area contributed by atoms with Crippen molar-refractivity contribution in [3.63, 3.8) is 0 Å². The minimum atomic E-state index is -0.485. The number of ketones is 1. The van der Waals surface area contributed by atoms with E-state index < -0.39 is 5.91 Å². The number of nitrogens with two attached hydrogens (primary N) is 1. The zero-order valence-corrected chi connectivity index (χ0v) is 11.9. The number of nitrogens with one attached hydrogen (secondary N) is 3. The maximum absolute atomic E-state index is 12.1. The van der Waals surface area contributed by atoms with Crippen molar-refractivity contribution in [2.24, 2.45) is 0 Å². The van der Waals surface area contributed by atoms with Gasteiger partial charge in [0.15, 0.2) is 5.11 Å². The zero-order chi connectivity index (χ0) is 14.3. The second-order valence-corrected chi connectivity index (χ2v) is 4.46. The lowest BCUT2D eigenvalue weighted by Gasteiger charge is -2.13. The van der Waals surface area contributed by atoms with Crippen LogP contribution in [0, 0.1) is 0 Å². The zero-order valence-electron chi connectivity index (χ0n) is 11.1. The van der Waals surface area contributed by atoms with Gasteiger partial charge in [-0.2, -0.15) is 0 Å². The third-order valence-electron chi connectivity index (χ3n) is 2.66. The van der Waals surface area contributed by atoms with Gasteiger partial charge in [-0.25, -0.2) is 0 Å². The van der Waals surface area contributed by atoms with Crippen LogP contribution in [0.5, 0.6) is 0 Å². The number of unbranched alkanes of at least 4 members (excludes halogenated alkanes) is 1. The molecule has 104 valence electrons. The Morgan fingerprint density at radius 3 is 2.74 bits per heavy atom. The van der Waals surface area contributed by atoms with Crippen LogP contribution in [-0.4, -0.2) is 23.9 Å². The predicted molar refractivity (Wildman–Crippen MR) is 75.6 cm³/mol. The number of rotatable bonds is 4. The molecule has 0 unspecified atom stereocenters. The Kier molecular flexibility index (Phi) is 6.17. The molecule has 0 aliphatic carbocycles. The van der Waals surface area contributed by atoms with Gasteiger partial charge < -0.3 is 5.32 Å². The van der Waals surface area contributed by atoms with Crippen molar-refractivity contribution in [1.29, 1.82) is 0 Å². The van der Waals surface area contributed by atoms with E-state index in [1.165, 1.54) is 6.20 Å². The molecule has 1 aliphatic rings. The average Bonchev–Trinajstić information content (AvgIpc) is 2.43. The third-order valence-corrected chi connectivity index (χ3v) is 2.96. The van der Waals surface area contributed by atoms with Gasteiger partial charge in [0, 0.05) is 7.05 Å². The summed E-state index contributed by atoms with van der Waals surface area (Å²) in [5.74, 6) is -0.702. The molecule has 0 aromatic rings. The fourth-order valence-corrected chi connectivity index (χ4v) is 1.62. The Morgan fingerprint density at radius 1 is 1.37 bits per heavy atom. The molecule has 0 radical (unpaired) electrons. The summed E-state index contributed by atoms with van der Waals surface area (Å²) in [6, 6.07) is 0. The number of allylic oxidation sites excluding steroid dienone is 1. The van der Waals surface area contributed by atoms with Crippen molar-refractivity contribution >= 4 is 29.0 Å². The fraction of sp³-hybridized carbons (Fsp3) is 0.417. The lowest BCUT2D eigenvalue weighted by molar-refractivity contribution is -0.516. The van der Waals surface area contributed by atoms with E-state index in [2.05, 4.69) is 23.1 Å². The highest BCUT2D eigenvalue weighted by molar-refractivity contribution is 7.80. The lowest BCUT2D eigenvalue weighted by atomic mass is 9.98. The van der Waals surface area contributed by atoms with Gasteiger partial charge in [0.2, 0.25) is 5.78 Å². The number of quaternary nitrogens is 1. The lowest BCUT2D eigenvalue weighted by Crippen LogP contribution is -2.73. The van der Waals surface area contributed by atoms with Gasteiger partial charge in [-0.1, -0.05) is 13.3 Å². The maximum Gasteiger partial charge on any atom is 0.279 e. The van der Waals surface area contributed by atoms with E-state index in [-0.39, 0.29) is 16.5 Å². The van der Waals surface area contributed by atoms with Gasteiger partial charge in [-0.15, -0.1) is 0 Å². The number of thiocarbonyl (C=S) groups is 1. The van der Waals surface area contributed by atoms with Crippen LogP contribution in [0.1, 0.15) is 26.2 Å². The van der Waals surface area contributed by atoms with Crippen molar-refractivity contribution in [2.75, 3.05) is 7.05 Å². The summed E-state index contributed by atoms with van der Waals surface area (Å²) < 4.78 is 0. The van der Waals surface area contributed by atoms with Crippen LogP contribution in [0.3, 0.4) is 0 Å². The molecule has 5 N–H and O–H groups in total. The van der Waals surface area contributed by atoms with Crippen LogP contribution in [0.4, 0.5) is 0 Å². The minimum absolute atomic E-state index is 0.125. The number of amides is 1. The van der Waals surface area contributed by atoms with E-state index >= 15 is 0 Å². The highest BCUT2D eigenvalue weighted by Gasteiger charge is 2.26. The maximum atomic E-state index is 12.1. The van der Waals surface area contributed by atoms with Gasteiger partial charge >= 0.3 is 0 Å². The second-order valence-electron chi connectivity index (χ2n) is 4.06. The molecule has 0 atom stereocenters. The molecule has 0 fully saturated rings. The molecule has 6 nitrogen and oxygen atoms in total. The largest absolute Gasteiger partial charge is 0.364 e. The molecule has 0 aromatic heterocycles. The molecule has 0 saturated heterocycles. The Labute approximate surface area is 117 Å². The summed E-state index contributed by atoms with van der Waals surface area (Å²) in [5.41, 5.74) is 5.68. The van der Waals surface area contributed by atoms with Crippen molar-refractivity contribution in [3.8, 4) is 0 Å². The first kappa shape index (κ1) is 15.3. The molecule has 0 bridgehead atoms. The van der Waals surface area contributed by atoms with Crippen LogP contribution >= 0.6 is 12.2 Å². The number of hydrazine groups is 1. The van der Waals surface area contributed by atoms with E-state index in [0.717, 1.165) is 12.8 Å². The molecule has 19 heavy (non-hydrogen) atoms. The van der Waals surface area contributed by atoms with Crippen LogP contribution in [0.2, 0.25) is 0 Å². The van der Waals surface area contributed by atoms with Crippen LogP contribution in [-0.2, 0) is 9.59 Å². The minimum Gasteiger partial charge on any atom is -0.364 e. The van der Waals surface area contributed by atoms with Crippen LogP contribution < -0.4 is 21.5 Å². The fourth-order valence-electron chi connectivity index (χ4n) is 1.57. The standard InChI is InChI=1S/C12H18N4O2S/c1-3-4-5-8-6-14-7-9(10(8)17)11(18)15-16-12(19)13-2/h6-7H,3-5H2,1-2H3,(H,14,17)(H,15,18)(H2,13,16,19)/p+1. The van der Waals surface area contributed by atoms with Crippen molar-refractivity contribution in [2.45, 2.75) is 26.2 Å². The highest BCUT2D eigenvalue weighted by Crippen LogP contribution is 2.13. The van der Waals surface area contributed by atoms with Crippen molar-refractivity contribution in [3.05, 3.63) is 23.5 Å². The molecule has 1 amide bonds. The SMILES string of the molecule is CCCCC1=C[NH2+]C=C(C(=O)NNC(=S)NC)C1=O. The van der Waals surface area contributed by atoms with E-state index in [1.54, 1.807) is 18.6 Å². The number of Topliss-reactive ketones (excluding diaryl/α,β-unsaturated/α-hetero) is 1. The first-order valence-electron chi connectivity index (χ1n) is 6.17. The number of carbonyl (C=O) groups is 2. The molecule has 1 aliphatic heterocycles. The second kappa shape index (κ2) is 7.65. The van der Waals surface area contributed by atoms with Crippen LogP contribution in [0.25, 0.3) is 0 Å². The van der Waals surface area contributed by atoms with Gasteiger partial charge in [0.1, 0.15) is 18.0 Å². The van der Waals surface area contributed by atoms with E-state index in [0.29, 0.717) is 12.0 Å². The predicted octanol–water partition coefficient (Wildman–Crippen LogP) is -0.784. The average molecular weight is 283 g/mol. The number of hydrogen-bond donors (Lipinski definition) is 4. The molecular weight excluding hydrogens is 264 g/mol. The molecular formula is C12H19N4O2S+. The Balaban J connectivity index is 2.59. The van der Waals surface area contributed by atoms with Gasteiger partial charge in [0.25, 0.3) is 5.91 Å². The quantitative estimate of drug-likeness (QED) is 0.309. The molecule has 1 rings (SSSR count). The Morgan fingerprint density at radius 2 is 2.11 bits per heavy atom. The molecule has 0 spiro atoms. The summed E-state index contributed by atoms with van der Waals surface area (Å²) >= 11 is 4.82. The summed E-state index contributed by atoms with van der Waals surface area (Å²) in [7, 11) is 1.63. The van der Waals surface area contributed by atoms with Crippen LogP contribution in [0.15, 0.2) is 23.5 Å². The Bertz CT molecular complexity index is 443. The smallest absolute Gasteiger partial charge is 0.279 e. The number of hydrogen-bond acceptors (Lipinski definition) is 3. The summed E-state index contributed by atoms with van der Waals surface area (Å²) in [6.07, 6.45) is 5.91. The summed E-state index contributed by atoms with van der Waals surface area (Å²) in [4.78, 5) is 23.9. The normalized spacial score (nSPS) is 14.3. The van der Waals surface area contributed by atoms with Gasteiger partial charge in [-0.05, 0) is 25.1 Å². The first-order chi connectivity index (χ1) is 9.10. The summed E-state index contributed by atoms with van der Waals surface area (Å²) in [6.45, 7) is 2.06. The molecule has 1 heterocycles. The van der Waals surface area contributed by atoms with E-state index in [9.17, 15) is 9.59 Å². The third kappa shape index (κ3) is 4.46.